The van der Waals surface area contributed by atoms with Gasteiger partial charge in [-0.3, -0.25) is 0 Å². The van der Waals surface area contributed by atoms with Gasteiger partial charge in [-0.2, -0.15) is 0 Å². The number of hydrogen-bond donors (Lipinski definition) is 2. The van der Waals surface area contributed by atoms with Crippen LogP contribution in [0.1, 0.15) is 18.9 Å². The molecule has 2 rings (SSSR count). The maximum atomic E-state index is 12.2. The second-order valence-electron chi connectivity index (χ2n) is 4.66. The molecular formula is C14H18N2O3S. The van der Waals surface area contributed by atoms with Crippen molar-refractivity contribution in [2.45, 2.75) is 25.8 Å². The molecule has 1 saturated heterocycles. The molecule has 1 aliphatic rings. The summed E-state index contributed by atoms with van der Waals surface area (Å²) in [5.41, 5.74) is 1.84. The van der Waals surface area contributed by atoms with Gasteiger partial charge in [0.2, 0.25) is 0 Å². The molecule has 0 aromatic heterocycles. The normalized spacial score (nSPS) is 18.1. The summed E-state index contributed by atoms with van der Waals surface area (Å²) in [5.74, 6) is -0.0926. The Labute approximate surface area is 122 Å². The summed E-state index contributed by atoms with van der Waals surface area (Å²) in [6.07, 6.45) is 1.87. The average molecular weight is 294 g/mol. The summed E-state index contributed by atoms with van der Waals surface area (Å²) in [4.78, 5) is 24.7. The summed E-state index contributed by atoms with van der Waals surface area (Å²) in [7, 11) is 0. The van der Waals surface area contributed by atoms with Crippen LogP contribution in [0.4, 0.5) is 10.5 Å². The van der Waals surface area contributed by atoms with E-state index in [0.717, 1.165) is 24.1 Å². The van der Waals surface area contributed by atoms with Gasteiger partial charge in [0.05, 0.1) is 5.88 Å². The van der Waals surface area contributed by atoms with E-state index in [1.165, 1.54) is 16.7 Å². The van der Waals surface area contributed by atoms with Gasteiger partial charge in [-0.1, -0.05) is 31.5 Å². The number of nitrogens with zero attached hydrogens (tertiary/aromatic N) is 1. The molecule has 0 spiro atoms. The number of thioether (sulfide) groups is 1. The third kappa shape index (κ3) is 3.25. The first-order valence-electron chi connectivity index (χ1n) is 6.59. The van der Waals surface area contributed by atoms with Gasteiger partial charge in [-0.15, -0.1) is 11.8 Å². The Bertz CT molecular complexity index is 507. The molecule has 1 fully saturated rings. The van der Waals surface area contributed by atoms with Crippen molar-refractivity contribution in [2.24, 2.45) is 0 Å². The van der Waals surface area contributed by atoms with Crippen LogP contribution >= 0.6 is 11.8 Å². The number of carboxylic acid groups (broad SMARTS) is 1. The SMILES string of the molecule is CCCc1ccccc1NC(=O)N1CSC[C@H]1C(=O)O. The number of urea groups is 1. The molecule has 0 radical (unpaired) electrons. The summed E-state index contributed by atoms with van der Waals surface area (Å²) in [6, 6.07) is 6.55. The van der Waals surface area contributed by atoms with E-state index in [1.54, 1.807) is 0 Å². The number of anilines is 1. The maximum Gasteiger partial charge on any atom is 0.327 e. The van der Waals surface area contributed by atoms with Gasteiger partial charge in [0.15, 0.2) is 0 Å². The lowest BCUT2D eigenvalue weighted by atomic mass is 10.1. The van der Waals surface area contributed by atoms with Crippen molar-refractivity contribution in [3.05, 3.63) is 29.8 Å². The van der Waals surface area contributed by atoms with E-state index in [0.29, 0.717) is 11.6 Å². The van der Waals surface area contributed by atoms with Crippen LogP contribution in [0.5, 0.6) is 0 Å². The predicted octanol–water partition coefficient (Wildman–Crippen LogP) is 2.63. The zero-order valence-corrected chi connectivity index (χ0v) is 12.2. The molecule has 0 aliphatic carbocycles. The fourth-order valence-electron chi connectivity index (χ4n) is 2.16. The van der Waals surface area contributed by atoms with Gasteiger partial charge in [0.1, 0.15) is 6.04 Å². The molecule has 2 amide bonds. The number of aliphatic carboxylic acids is 1. The lowest BCUT2D eigenvalue weighted by Crippen LogP contribution is -2.44. The van der Waals surface area contributed by atoms with Crippen LogP contribution in [0.25, 0.3) is 0 Å². The second kappa shape index (κ2) is 6.65. The predicted molar refractivity (Wildman–Crippen MR) is 80.0 cm³/mol. The van der Waals surface area contributed by atoms with Gasteiger partial charge < -0.3 is 15.3 Å². The van der Waals surface area contributed by atoms with Crippen LogP contribution in [0.3, 0.4) is 0 Å². The molecule has 5 nitrogen and oxygen atoms in total. The summed E-state index contributed by atoms with van der Waals surface area (Å²) in [6.45, 7) is 2.08. The number of benzene rings is 1. The molecule has 0 saturated carbocycles. The standard InChI is InChI=1S/C14H18N2O3S/c1-2-5-10-6-3-4-7-11(10)15-14(19)16-9-20-8-12(16)13(17)18/h3-4,6-7,12H,2,5,8-9H2,1H3,(H,15,19)(H,17,18)/t12-/m0/s1. The number of amides is 2. The summed E-state index contributed by atoms with van der Waals surface area (Å²) < 4.78 is 0. The van der Waals surface area contributed by atoms with Gasteiger partial charge in [0, 0.05) is 11.4 Å². The Kier molecular flexibility index (Phi) is 4.89. The maximum absolute atomic E-state index is 12.2. The fourth-order valence-corrected chi connectivity index (χ4v) is 3.31. The first kappa shape index (κ1) is 14.7. The zero-order chi connectivity index (χ0) is 14.5. The summed E-state index contributed by atoms with van der Waals surface area (Å²) >= 11 is 1.46. The van der Waals surface area contributed by atoms with E-state index in [4.69, 9.17) is 5.11 Å². The van der Waals surface area contributed by atoms with E-state index < -0.39 is 12.0 Å². The van der Waals surface area contributed by atoms with Gasteiger partial charge >= 0.3 is 12.0 Å². The number of para-hydroxylation sites is 1. The molecule has 0 unspecified atom stereocenters. The average Bonchev–Trinajstić information content (AvgIpc) is 2.91. The van der Waals surface area contributed by atoms with Crippen molar-refractivity contribution in [1.29, 1.82) is 0 Å². The zero-order valence-electron chi connectivity index (χ0n) is 11.3. The topological polar surface area (TPSA) is 69.6 Å². The van der Waals surface area contributed by atoms with Crippen molar-refractivity contribution in [3.8, 4) is 0 Å². The molecule has 6 heteroatoms. The molecule has 108 valence electrons. The van der Waals surface area contributed by atoms with Crippen LogP contribution in [0.2, 0.25) is 0 Å². The van der Waals surface area contributed by atoms with Gasteiger partial charge in [-0.25, -0.2) is 9.59 Å². The number of aryl methyl sites for hydroxylation is 1. The minimum absolute atomic E-state index is 0.342. The molecule has 0 bridgehead atoms. The highest BCUT2D eigenvalue weighted by Gasteiger charge is 2.34. The Morgan fingerprint density at radius 1 is 1.45 bits per heavy atom. The number of hydrogen-bond acceptors (Lipinski definition) is 3. The van der Waals surface area contributed by atoms with Crippen LogP contribution in [0.15, 0.2) is 24.3 Å². The van der Waals surface area contributed by atoms with E-state index >= 15 is 0 Å². The number of nitrogens with one attached hydrogen (secondary N) is 1. The smallest absolute Gasteiger partial charge is 0.327 e. The van der Waals surface area contributed by atoms with Crippen LogP contribution in [-0.4, -0.2) is 39.7 Å². The number of carbonyl (C=O) groups excluding carboxylic acids is 1. The number of rotatable bonds is 4. The van der Waals surface area contributed by atoms with Crippen LogP contribution in [0, 0.1) is 0 Å². The van der Waals surface area contributed by atoms with E-state index in [1.807, 2.05) is 24.3 Å². The Morgan fingerprint density at radius 3 is 2.90 bits per heavy atom. The van der Waals surface area contributed by atoms with Crippen LogP contribution < -0.4 is 5.32 Å². The van der Waals surface area contributed by atoms with Crippen LogP contribution in [-0.2, 0) is 11.2 Å². The minimum atomic E-state index is -0.952. The van der Waals surface area contributed by atoms with E-state index in [9.17, 15) is 9.59 Å². The molecule has 1 aliphatic heterocycles. The highest BCUT2D eigenvalue weighted by atomic mass is 32.2. The Morgan fingerprint density at radius 2 is 2.20 bits per heavy atom. The molecule has 1 aromatic carbocycles. The van der Waals surface area contributed by atoms with Crippen molar-refractivity contribution in [1.82, 2.24) is 4.90 Å². The Hall–Kier alpha value is -1.69. The second-order valence-corrected chi connectivity index (χ2v) is 5.66. The third-order valence-electron chi connectivity index (χ3n) is 3.21. The van der Waals surface area contributed by atoms with Gasteiger partial charge in [-0.05, 0) is 18.1 Å². The fraction of sp³-hybridized carbons (Fsp3) is 0.429. The van der Waals surface area contributed by atoms with Gasteiger partial charge in [0.25, 0.3) is 0 Å². The monoisotopic (exact) mass is 294 g/mol. The summed E-state index contributed by atoms with van der Waals surface area (Å²) in [5, 5.41) is 11.9. The lowest BCUT2D eigenvalue weighted by Gasteiger charge is -2.21. The van der Waals surface area contributed by atoms with Crippen molar-refractivity contribution >= 4 is 29.4 Å². The first-order chi connectivity index (χ1) is 9.63. The van der Waals surface area contributed by atoms with Crippen molar-refractivity contribution in [3.63, 3.8) is 0 Å². The molecule has 20 heavy (non-hydrogen) atoms. The van der Waals surface area contributed by atoms with E-state index in [-0.39, 0.29) is 6.03 Å². The third-order valence-corrected chi connectivity index (χ3v) is 4.22. The van der Waals surface area contributed by atoms with Crippen molar-refractivity contribution < 1.29 is 14.7 Å². The van der Waals surface area contributed by atoms with E-state index in [2.05, 4.69) is 12.2 Å². The Balaban J connectivity index is 2.10. The first-order valence-corrected chi connectivity index (χ1v) is 7.75. The lowest BCUT2D eigenvalue weighted by molar-refractivity contribution is -0.140. The molecule has 2 N–H and O–H groups in total. The quantitative estimate of drug-likeness (QED) is 0.895. The molecule has 1 atom stereocenters. The molecular weight excluding hydrogens is 276 g/mol. The largest absolute Gasteiger partial charge is 0.480 e. The minimum Gasteiger partial charge on any atom is -0.480 e. The highest BCUT2D eigenvalue weighted by molar-refractivity contribution is 7.99. The molecule has 1 aromatic rings. The highest BCUT2D eigenvalue weighted by Crippen LogP contribution is 2.23. The number of carbonyl (C=O) groups is 2. The van der Waals surface area contributed by atoms with Crippen molar-refractivity contribution in [2.75, 3.05) is 16.9 Å². The number of carboxylic acids is 1. The molecule has 1 heterocycles.